The molecule has 3 saturated carbocycles. The molecule has 4 rings (SSSR count). The van der Waals surface area contributed by atoms with E-state index in [2.05, 4.69) is 24.1 Å². The lowest BCUT2D eigenvalue weighted by Crippen LogP contribution is -2.53. The molecule has 0 aromatic rings. The maximum absolute atomic E-state index is 3.89. The molecule has 1 aliphatic heterocycles. The normalized spacial score (nSPS) is 47.4. The Labute approximate surface area is 124 Å². The Morgan fingerprint density at radius 2 is 2.00 bits per heavy atom. The summed E-state index contributed by atoms with van der Waals surface area (Å²) in [7, 11) is 0. The van der Waals surface area contributed by atoms with Crippen LogP contribution < -0.4 is 5.32 Å². The van der Waals surface area contributed by atoms with Crippen molar-refractivity contribution in [3.8, 4) is 0 Å². The maximum atomic E-state index is 3.89. The molecule has 3 aliphatic carbocycles. The van der Waals surface area contributed by atoms with Gasteiger partial charge in [-0.2, -0.15) is 0 Å². The van der Waals surface area contributed by atoms with Gasteiger partial charge in [0.1, 0.15) is 0 Å². The Hall–Kier alpha value is -0.0800. The molecule has 1 N–H and O–H groups in total. The predicted octanol–water partition coefficient (Wildman–Crippen LogP) is 3.28. The summed E-state index contributed by atoms with van der Waals surface area (Å²) < 4.78 is 0. The third-order valence-corrected chi connectivity index (χ3v) is 7.15. The number of rotatable bonds is 3. The minimum Gasteiger partial charge on any atom is -0.310 e. The molecular formula is C18H32N2. The highest BCUT2D eigenvalue weighted by atomic mass is 15.2. The second-order valence-electron chi connectivity index (χ2n) is 8.52. The first-order valence-corrected chi connectivity index (χ1v) is 9.15. The van der Waals surface area contributed by atoms with Crippen LogP contribution in [0.5, 0.6) is 0 Å². The molecule has 1 saturated heterocycles. The summed E-state index contributed by atoms with van der Waals surface area (Å²) in [5, 5.41) is 3.89. The molecule has 20 heavy (non-hydrogen) atoms. The zero-order valence-corrected chi connectivity index (χ0v) is 13.4. The van der Waals surface area contributed by atoms with Crippen LogP contribution in [0.3, 0.4) is 0 Å². The minimum atomic E-state index is 0.405. The van der Waals surface area contributed by atoms with Crippen LogP contribution in [0.15, 0.2) is 0 Å². The fourth-order valence-corrected chi connectivity index (χ4v) is 5.71. The van der Waals surface area contributed by atoms with E-state index < -0.39 is 0 Å². The fraction of sp³-hybridized carbons (Fsp3) is 1.00. The summed E-state index contributed by atoms with van der Waals surface area (Å²) in [6.07, 6.45) is 10.4. The lowest BCUT2D eigenvalue weighted by Gasteiger charge is -2.41. The van der Waals surface area contributed by atoms with Crippen molar-refractivity contribution in [1.29, 1.82) is 0 Å². The van der Waals surface area contributed by atoms with Crippen LogP contribution in [0.2, 0.25) is 0 Å². The molecule has 1 heterocycles. The van der Waals surface area contributed by atoms with E-state index >= 15 is 0 Å². The van der Waals surface area contributed by atoms with Crippen molar-refractivity contribution >= 4 is 0 Å². The summed E-state index contributed by atoms with van der Waals surface area (Å²) in [6.45, 7) is 8.89. The Kier molecular flexibility index (Phi) is 3.38. The summed E-state index contributed by atoms with van der Waals surface area (Å²) in [5.74, 6) is 4.12. The van der Waals surface area contributed by atoms with Gasteiger partial charge in [0.25, 0.3) is 0 Å². The fourth-order valence-electron chi connectivity index (χ4n) is 5.71. The number of nitrogens with zero attached hydrogens (tertiary/aromatic N) is 1. The zero-order valence-electron chi connectivity index (χ0n) is 13.4. The minimum absolute atomic E-state index is 0.405. The third-order valence-electron chi connectivity index (χ3n) is 7.15. The van der Waals surface area contributed by atoms with Crippen molar-refractivity contribution in [3.63, 3.8) is 0 Å². The quantitative estimate of drug-likeness (QED) is 0.851. The van der Waals surface area contributed by atoms with Gasteiger partial charge in [-0.15, -0.1) is 0 Å². The van der Waals surface area contributed by atoms with Gasteiger partial charge < -0.3 is 5.32 Å². The number of hydrogen-bond donors (Lipinski definition) is 1. The molecule has 2 bridgehead atoms. The van der Waals surface area contributed by atoms with Gasteiger partial charge >= 0.3 is 0 Å². The molecule has 5 atom stereocenters. The number of hydrogen-bond acceptors (Lipinski definition) is 2. The van der Waals surface area contributed by atoms with Crippen molar-refractivity contribution in [1.82, 2.24) is 10.2 Å². The van der Waals surface area contributed by atoms with Crippen molar-refractivity contribution in [2.24, 2.45) is 23.7 Å². The van der Waals surface area contributed by atoms with Gasteiger partial charge in [-0.1, -0.05) is 6.42 Å². The molecule has 2 heteroatoms. The van der Waals surface area contributed by atoms with Crippen molar-refractivity contribution in [3.05, 3.63) is 0 Å². The zero-order chi connectivity index (χ0) is 13.7. The third kappa shape index (κ3) is 2.33. The highest BCUT2D eigenvalue weighted by Gasteiger charge is 2.47. The maximum Gasteiger partial charge on any atom is 0.0308 e. The second-order valence-corrected chi connectivity index (χ2v) is 8.52. The number of nitrogens with one attached hydrogen (secondary N) is 1. The first-order valence-electron chi connectivity index (χ1n) is 9.15. The summed E-state index contributed by atoms with van der Waals surface area (Å²) in [5.41, 5.74) is 0.405. The van der Waals surface area contributed by atoms with Crippen LogP contribution in [0, 0.1) is 23.7 Å². The average molecular weight is 276 g/mol. The van der Waals surface area contributed by atoms with Crippen LogP contribution in [0.1, 0.15) is 58.8 Å². The summed E-state index contributed by atoms with van der Waals surface area (Å²) in [6, 6.07) is 0.822. The molecule has 114 valence electrons. The first-order chi connectivity index (χ1) is 9.66. The topological polar surface area (TPSA) is 15.3 Å². The van der Waals surface area contributed by atoms with Crippen molar-refractivity contribution < 1.29 is 0 Å². The summed E-state index contributed by atoms with van der Waals surface area (Å²) in [4.78, 5) is 2.86. The molecule has 4 aliphatic rings. The standard InChI is InChI=1S/C18H32N2/c1-13(17-11-14-4-5-15(17)10-14)20-9-3-8-19-18(2,12-20)16-6-7-16/h13-17,19H,3-12H2,1-2H3. The molecule has 5 unspecified atom stereocenters. The highest BCUT2D eigenvalue weighted by Crippen LogP contribution is 2.50. The molecule has 0 aromatic carbocycles. The van der Waals surface area contributed by atoms with Crippen LogP contribution in [-0.2, 0) is 0 Å². The molecule has 4 fully saturated rings. The highest BCUT2D eigenvalue weighted by molar-refractivity contribution is 5.03. The van der Waals surface area contributed by atoms with Crippen LogP contribution in [0.25, 0.3) is 0 Å². The Morgan fingerprint density at radius 1 is 1.15 bits per heavy atom. The van der Waals surface area contributed by atoms with E-state index in [9.17, 15) is 0 Å². The van der Waals surface area contributed by atoms with Gasteiger partial charge in [0.2, 0.25) is 0 Å². The van der Waals surface area contributed by atoms with E-state index in [4.69, 9.17) is 0 Å². The van der Waals surface area contributed by atoms with Crippen LogP contribution >= 0.6 is 0 Å². The van der Waals surface area contributed by atoms with E-state index in [1.54, 1.807) is 6.42 Å². The largest absolute Gasteiger partial charge is 0.310 e. The van der Waals surface area contributed by atoms with Gasteiger partial charge in [0, 0.05) is 18.1 Å². The monoisotopic (exact) mass is 276 g/mol. The van der Waals surface area contributed by atoms with Crippen molar-refractivity contribution in [2.45, 2.75) is 70.4 Å². The van der Waals surface area contributed by atoms with E-state index in [0.29, 0.717) is 5.54 Å². The lowest BCUT2D eigenvalue weighted by molar-refractivity contribution is 0.0961. The van der Waals surface area contributed by atoms with E-state index in [1.165, 1.54) is 58.2 Å². The predicted molar refractivity (Wildman–Crippen MR) is 83.7 cm³/mol. The Balaban J connectivity index is 1.46. The average Bonchev–Trinajstić information content (AvgIpc) is 3.15. The van der Waals surface area contributed by atoms with Gasteiger partial charge in [0.05, 0.1) is 0 Å². The Morgan fingerprint density at radius 3 is 2.65 bits per heavy atom. The Bertz CT molecular complexity index is 364. The lowest BCUT2D eigenvalue weighted by atomic mass is 9.82. The van der Waals surface area contributed by atoms with Gasteiger partial charge in [-0.3, -0.25) is 4.90 Å². The SMILES string of the molecule is CC(C1CC2CCC1C2)N1CCCNC(C)(C2CC2)C1. The summed E-state index contributed by atoms with van der Waals surface area (Å²) >= 11 is 0. The van der Waals surface area contributed by atoms with Gasteiger partial charge in [-0.05, 0) is 89.1 Å². The van der Waals surface area contributed by atoms with Gasteiger partial charge in [-0.25, -0.2) is 0 Å². The van der Waals surface area contributed by atoms with Crippen LogP contribution in [0.4, 0.5) is 0 Å². The first kappa shape index (κ1) is 13.6. The van der Waals surface area contributed by atoms with E-state index in [-0.39, 0.29) is 0 Å². The van der Waals surface area contributed by atoms with Crippen LogP contribution in [-0.4, -0.2) is 36.1 Å². The molecule has 0 amide bonds. The molecule has 0 spiro atoms. The van der Waals surface area contributed by atoms with Gasteiger partial charge in [0.15, 0.2) is 0 Å². The van der Waals surface area contributed by atoms with E-state index in [0.717, 1.165) is 29.7 Å². The van der Waals surface area contributed by atoms with E-state index in [1.807, 2.05) is 0 Å². The molecule has 2 nitrogen and oxygen atoms in total. The smallest absolute Gasteiger partial charge is 0.0308 e. The molecule has 0 aromatic heterocycles. The molecular weight excluding hydrogens is 244 g/mol. The molecule has 0 radical (unpaired) electrons. The number of fused-ring (bicyclic) bond motifs is 2. The van der Waals surface area contributed by atoms with Crippen molar-refractivity contribution in [2.75, 3.05) is 19.6 Å². The second kappa shape index (κ2) is 4.98.